The molecule has 96 valence electrons. The molecule has 0 amide bonds. The van der Waals surface area contributed by atoms with E-state index in [1.165, 1.54) is 0 Å². The van der Waals surface area contributed by atoms with Crippen LogP contribution in [0.4, 0.5) is 8.78 Å². The Bertz CT molecular complexity index is 378. The van der Waals surface area contributed by atoms with Gasteiger partial charge in [0.15, 0.2) is 0 Å². The van der Waals surface area contributed by atoms with Crippen LogP contribution in [0.3, 0.4) is 0 Å². The van der Waals surface area contributed by atoms with Gasteiger partial charge in [-0.2, -0.15) is 0 Å². The third-order valence-corrected chi connectivity index (χ3v) is 3.05. The molecule has 0 bridgehead atoms. The summed E-state index contributed by atoms with van der Waals surface area (Å²) in [7, 11) is 0. The van der Waals surface area contributed by atoms with Gasteiger partial charge in [-0.1, -0.05) is 13.8 Å². The van der Waals surface area contributed by atoms with E-state index in [4.69, 9.17) is 0 Å². The molecule has 2 nitrogen and oxygen atoms in total. The Hall–Kier alpha value is -1.00. The smallest absolute Gasteiger partial charge is 0.127 e. The fourth-order valence-electron chi connectivity index (χ4n) is 1.33. The summed E-state index contributed by atoms with van der Waals surface area (Å²) in [4.78, 5) is 0. The molecule has 0 spiro atoms. The molecule has 1 aromatic carbocycles. The van der Waals surface area contributed by atoms with E-state index in [-0.39, 0.29) is 18.0 Å². The second-order valence-electron chi connectivity index (χ2n) is 4.85. The van der Waals surface area contributed by atoms with E-state index in [9.17, 15) is 13.9 Å². The van der Waals surface area contributed by atoms with E-state index in [1.54, 1.807) is 6.92 Å². The average molecular weight is 243 g/mol. The van der Waals surface area contributed by atoms with Gasteiger partial charge < -0.3 is 10.4 Å². The summed E-state index contributed by atoms with van der Waals surface area (Å²) >= 11 is 0. The van der Waals surface area contributed by atoms with Crippen molar-refractivity contribution in [3.63, 3.8) is 0 Å². The van der Waals surface area contributed by atoms with Crippen molar-refractivity contribution >= 4 is 0 Å². The van der Waals surface area contributed by atoms with Gasteiger partial charge in [-0.3, -0.25) is 0 Å². The predicted octanol–water partition coefficient (Wildman–Crippen LogP) is 2.46. The molecule has 1 atom stereocenters. The standard InChI is InChI=1S/C13H19F2NO/c1-9(2)13(3,17)8-16-7-10-6-11(14)4-5-12(10)15/h4-6,9,16-17H,7-8H2,1-3H3. The number of benzene rings is 1. The Morgan fingerprint density at radius 2 is 2.00 bits per heavy atom. The van der Waals surface area contributed by atoms with Crippen LogP contribution in [0.2, 0.25) is 0 Å². The van der Waals surface area contributed by atoms with Crippen molar-refractivity contribution in [2.75, 3.05) is 6.54 Å². The molecule has 0 aliphatic heterocycles. The molecule has 0 aliphatic carbocycles. The average Bonchev–Trinajstić information content (AvgIpc) is 2.22. The second kappa shape index (κ2) is 5.56. The number of halogens is 2. The summed E-state index contributed by atoms with van der Waals surface area (Å²) < 4.78 is 26.2. The van der Waals surface area contributed by atoms with Crippen LogP contribution in [-0.2, 0) is 6.54 Å². The summed E-state index contributed by atoms with van der Waals surface area (Å²) in [5.74, 6) is -0.811. The molecule has 1 rings (SSSR count). The maximum absolute atomic E-state index is 13.3. The Labute approximate surface area is 101 Å². The van der Waals surface area contributed by atoms with E-state index in [0.29, 0.717) is 6.54 Å². The topological polar surface area (TPSA) is 32.3 Å². The van der Waals surface area contributed by atoms with Crippen molar-refractivity contribution in [1.29, 1.82) is 0 Å². The molecule has 0 saturated carbocycles. The zero-order chi connectivity index (χ0) is 13.1. The van der Waals surface area contributed by atoms with E-state index in [2.05, 4.69) is 5.32 Å². The van der Waals surface area contributed by atoms with Gasteiger partial charge >= 0.3 is 0 Å². The summed E-state index contributed by atoms with van der Waals surface area (Å²) in [6, 6.07) is 3.35. The third kappa shape index (κ3) is 4.06. The van der Waals surface area contributed by atoms with E-state index in [1.807, 2.05) is 13.8 Å². The highest BCUT2D eigenvalue weighted by Gasteiger charge is 2.24. The van der Waals surface area contributed by atoms with E-state index >= 15 is 0 Å². The molecule has 1 unspecified atom stereocenters. The normalized spacial score (nSPS) is 15.0. The van der Waals surface area contributed by atoms with Crippen LogP contribution in [0.1, 0.15) is 26.3 Å². The third-order valence-electron chi connectivity index (χ3n) is 3.05. The Balaban J connectivity index is 2.54. The molecular weight excluding hydrogens is 224 g/mol. The van der Waals surface area contributed by atoms with Crippen molar-refractivity contribution in [2.24, 2.45) is 5.92 Å². The Morgan fingerprint density at radius 1 is 1.35 bits per heavy atom. The molecule has 1 aromatic rings. The van der Waals surface area contributed by atoms with Crippen LogP contribution in [0.25, 0.3) is 0 Å². The number of hydrogen-bond acceptors (Lipinski definition) is 2. The second-order valence-corrected chi connectivity index (χ2v) is 4.85. The summed E-state index contributed by atoms with van der Waals surface area (Å²) in [5, 5.41) is 12.9. The minimum absolute atomic E-state index is 0.0901. The van der Waals surface area contributed by atoms with Crippen LogP contribution in [0.5, 0.6) is 0 Å². The van der Waals surface area contributed by atoms with Crippen LogP contribution in [0.15, 0.2) is 18.2 Å². The first-order chi connectivity index (χ1) is 7.83. The number of nitrogens with one attached hydrogen (secondary N) is 1. The predicted molar refractivity (Wildman–Crippen MR) is 63.5 cm³/mol. The Kier molecular flexibility index (Phi) is 4.60. The lowest BCUT2D eigenvalue weighted by Crippen LogP contribution is -2.42. The van der Waals surface area contributed by atoms with Crippen molar-refractivity contribution in [3.05, 3.63) is 35.4 Å². The monoisotopic (exact) mass is 243 g/mol. The molecule has 0 heterocycles. The van der Waals surface area contributed by atoms with Gasteiger partial charge in [0.2, 0.25) is 0 Å². The first-order valence-corrected chi connectivity index (χ1v) is 5.70. The zero-order valence-electron chi connectivity index (χ0n) is 10.4. The number of rotatable bonds is 5. The lowest BCUT2D eigenvalue weighted by atomic mass is 9.92. The minimum atomic E-state index is -0.857. The largest absolute Gasteiger partial charge is 0.389 e. The fraction of sp³-hybridized carbons (Fsp3) is 0.538. The van der Waals surface area contributed by atoms with E-state index in [0.717, 1.165) is 18.2 Å². The van der Waals surface area contributed by atoms with Crippen LogP contribution in [0, 0.1) is 17.6 Å². The Morgan fingerprint density at radius 3 is 2.59 bits per heavy atom. The highest BCUT2D eigenvalue weighted by atomic mass is 19.1. The lowest BCUT2D eigenvalue weighted by Gasteiger charge is -2.28. The zero-order valence-corrected chi connectivity index (χ0v) is 10.4. The van der Waals surface area contributed by atoms with Gasteiger partial charge in [0.05, 0.1) is 5.60 Å². The molecule has 2 N–H and O–H groups in total. The summed E-state index contributed by atoms with van der Waals surface area (Å²) in [5.41, 5.74) is -0.589. The SMILES string of the molecule is CC(C)C(C)(O)CNCc1cc(F)ccc1F. The maximum atomic E-state index is 13.3. The summed E-state index contributed by atoms with van der Waals surface area (Å²) in [6.45, 7) is 6.06. The van der Waals surface area contributed by atoms with Gasteiger partial charge in [-0.25, -0.2) is 8.78 Å². The number of hydrogen-bond donors (Lipinski definition) is 2. The highest BCUT2D eigenvalue weighted by Crippen LogP contribution is 2.15. The summed E-state index contributed by atoms with van der Waals surface area (Å²) in [6.07, 6.45) is 0. The molecule has 0 saturated heterocycles. The van der Waals surface area contributed by atoms with Gasteiger partial charge in [0.1, 0.15) is 11.6 Å². The molecule has 0 aromatic heterocycles. The minimum Gasteiger partial charge on any atom is -0.389 e. The molecular formula is C13H19F2NO. The van der Waals surface area contributed by atoms with Crippen LogP contribution in [-0.4, -0.2) is 17.3 Å². The highest BCUT2D eigenvalue weighted by molar-refractivity contribution is 5.18. The lowest BCUT2D eigenvalue weighted by molar-refractivity contribution is 0.0139. The molecule has 0 aliphatic rings. The first kappa shape index (κ1) is 14.1. The van der Waals surface area contributed by atoms with Crippen molar-refractivity contribution in [1.82, 2.24) is 5.32 Å². The van der Waals surface area contributed by atoms with Gasteiger partial charge in [-0.05, 0) is 31.0 Å². The quantitative estimate of drug-likeness (QED) is 0.832. The van der Waals surface area contributed by atoms with Crippen molar-refractivity contribution < 1.29 is 13.9 Å². The maximum Gasteiger partial charge on any atom is 0.127 e. The molecule has 17 heavy (non-hydrogen) atoms. The molecule has 4 heteroatoms. The van der Waals surface area contributed by atoms with Crippen molar-refractivity contribution in [2.45, 2.75) is 32.9 Å². The fourth-order valence-corrected chi connectivity index (χ4v) is 1.33. The number of aliphatic hydroxyl groups is 1. The molecule has 0 fully saturated rings. The molecule has 0 radical (unpaired) electrons. The van der Waals surface area contributed by atoms with Crippen LogP contribution >= 0.6 is 0 Å². The van der Waals surface area contributed by atoms with Gasteiger partial charge in [0, 0.05) is 18.7 Å². The first-order valence-electron chi connectivity index (χ1n) is 5.70. The van der Waals surface area contributed by atoms with E-state index < -0.39 is 17.2 Å². The van der Waals surface area contributed by atoms with Gasteiger partial charge in [-0.15, -0.1) is 0 Å². The van der Waals surface area contributed by atoms with Crippen molar-refractivity contribution in [3.8, 4) is 0 Å². The van der Waals surface area contributed by atoms with Crippen LogP contribution < -0.4 is 5.32 Å². The van der Waals surface area contributed by atoms with Gasteiger partial charge in [0.25, 0.3) is 0 Å².